The van der Waals surface area contributed by atoms with Crippen LogP contribution in [0.4, 0.5) is 10.1 Å². The first kappa shape index (κ1) is 21.1. The summed E-state index contributed by atoms with van der Waals surface area (Å²) in [6, 6.07) is 16.0. The van der Waals surface area contributed by atoms with Gasteiger partial charge in [-0.1, -0.05) is 53.8 Å². The minimum Gasteiger partial charge on any atom is -0.343 e. The van der Waals surface area contributed by atoms with Gasteiger partial charge in [0.25, 0.3) is 5.91 Å². The molecule has 31 heavy (non-hydrogen) atoms. The molecule has 1 fully saturated rings. The Hall–Kier alpha value is -3.13. The van der Waals surface area contributed by atoms with Crippen molar-refractivity contribution >= 4 is 28.8 Å². The smallest absolute Gasteiger partial charge is 0.286 e. The quantitative estimate of drug-likeness (QED) is 0.624. The number of carbonyl (C=O) groups is 2. The van der Waals surface area contributed by atoms with Crippen LogP contribution >= 0.6 is 11.3 Å². The van der Waals surface area contributed by atoms with Gasteiger partial charge in [0.2, 0.25) is 10.9 Å². The highest BCUT2D eigenvalue weighted by molar-refractivity contribution is 7.13. The third-order valence-electron chi connectivity index (χ3n) is 5.42. The number of amides is 2. The van der Waals surface area contributed by atoms with Gasteiger partial charge in [-0.3, -0.25) is 9.59 Å². The third kappa shape index (κ3) is 5.32. The van der Waals surface area contributed by atoms with E-state index in [1.54, 1.807) is 12.1 Å². The fraction of sp³-hybridized carbons (Fsp3) is 0.304. The Bertz CT molecular complexity index is 1050. The van der Waals surface area contributed by atoms with Crippen molar-refractivity contribution in [1.29, 1.82) is 0 Å². The zero-order valence-electron chi connectivity index (χ0n) is 17.0. The monoisotopic (exact) mass is 438 g/mol. The lowest BCUT2D eigenvalue weighted by atomic mass is 9.97. The Morgan fingerprint density at radius 3 is 2.48 bits per heavy atom. The summed E-state index contributed by atoms with van der Waals surface area (Å²) in [6.07, 6.45) is 2.84. The van der Waals surface area contributed by atoms with Gasteiger partial charge in [-0.2, -0.15) is 0 Å². The molecular weight excluding hydrogens is 415 g/mol. The lowest BCUT2D eigenvalue weighted by Crippen LogP contribution is -2.38. The summed E-state index contributed by atoms with van der Waals surface area (Å²) in [5.74, 6) is -0.623. The minimum absolute atomic E-state index is 0.117. The fourth-order valence-electron chi connectivity index (χ4n) is 3.66. The van der Waals surface area contributed by atoms with Crippen LogP contribution in [0.3, 0.4) is 0 Å². The lowest BCUT2D eigenvalue weighted by molar-refractivity contribution is -0.132. The van der Waals surface area contributed by atoms with E-state index in [0.29, 0.717) is 19.5 Å². The van der Waals surface area contributed by atoms with E-state index in [0.717, 1.165) is 24.3 Å². The van der Waals surface area contributed by atoms with Crippen LogP contribution in [0.25, 0.3) is 0 Å². The molecule has 2 amide bonds. The molecule has 0 bridgehead atoms. The number of benzene rings is 2. The molecule has 0 radical (unpaired) electrons. The largest absolute Gasteiger partial charge is 0.343 e. The molecule has 4 rings (SSSR count). The highest BCUT2D eigenvalue weighted by Crippen LogP contribution is 2.30. The molecule has 1 aliphatic heterocycles. The Morgan fingerprint density at radius 2 is 1.74 bits per heavy atom. The van der Waals surface area contributed by atoms with E-state index >= 15 is 0 Å². The summed E-state index contributed by atoms with van der Waals surface area (Å²) < 4.78 is 13.7. The molecule has 0 atom stereocenters. The van der Waals surface area contributed by atoms with E-state index in [-0.39, 0.29) is 22.5 Å². The first-order valence-electron chi connectivity index (χ1n) is 10.3. The van der Waals surface area contributed by atoms with Crippen molar-refractivity contribution in [3.63, 3.8) is 0 Å². The summed E-state index contributed by atoms with van der Waals surface area (Å²) in [7, 11) is 0. The van der Waals surface area contributed by atoms with Crippen LogP contribution in [0.2, 0.25) is 0 Å². The van der Waals surface area contributed by atoms with Crippen molar-refractivity contribution in [3.05, 3.63) is 76.0 Å². The van der Waals surface area contributed by atoms with E-state index in [2.05, 4.69) is 15.5 Å². The Balaban J connectivity index is 1.28. The van der Waals surface area contributed by atoms with Crippen LogP contribution < -0.4 is 5.32 Å². The van der Waals surface area contributed by atoms with E-state index in [4.69, 9.17) is 0 Å². The number of anilines is 1. The number of rotatable bonds is 6. The van der Waals surface area contributed by atoms with Crippen LogP contribution in [0, 0.1) is 5.82 Å². The van der Waals surface area contributed by atoms with Crippen LogP contribution in [0.1, 0.15) is 45.6 Å². The highest BCUT2D eigenvalue weighted by atomic mass is 32.1. The van der Waals surface area contributed by atoms with Crippen molar-refractivity contribution < 1.29 is 14.0 Å². The molecule has 3 aromatic rings. The first-order valence-corrected chi connectivity index (χ1v) is 11.1. The predicted octanol–water partition coefficient (Wildman–Crippen LogP) is 4.27. The number of aromatic nitrogens is 2. The van der Waals surface area contributed by atoms with Gasteiger partial charge in [-0.05, 0) is 37.0 Å². The van der Waals surface area contributed by atoms with Gasteiger partial charge >= 0.3 is 0 Å². The van der Waals surface area contributed by atoms with Crippen molar-refractivity contribution in [2.24, 2.45) is 0 Å². The number of aryl methyl sites for hydroxylation is 1. The predicted molar refractivity (Wildman–Crippen MR) is 118 cm³/mol. The van der Waals surface area contributed by atoms with Gasteiger partial charge in [0.05, 0.1) is 5.69 Å². The number of piperidine rings is 1. The van der Waals surface area contributed by atoms with Gasteiger partial charge in [-0.25, -0.2) is 4.39 Å². The van der Waals surface area contributed by atoms with E-state index in [1.807, 2.05) is 35.2 Å². The van der Waals surface area contributed by atoms with Gasteiger partial charge in [0, 0.05) is 25.4 Å². The number of para-hydroxylation sites is 1. The Kier molecular flexibility index (Phi) is 6.66. The van der Waals surface area contributed by atoms with E-state index in [9.17, 15) is 14.0 Å². The summed E-state index contributed by atoms with van der Waals surface area (Å²) in [5.41, 5.74) is 1.28. The molecule has 1 N–H and O–H groups in total. The maximum absolute atomic E-state index is 13.7. The molecule has 2 heterocycles. The number of likely N-dealkylation sites (tertiary alicyclic amines) is 1. The first-order chi connectivity index (χ1) is 15.1. The van der Waals surface area contributed by atoms with E-state index < -0.39 is 11.7 Å². The second-order valence-corrected chi connectivity index (χ2v) is 8.53. The fourth-order valence-corrected chi connectivity index (χ4v) is 4.57. The van der Waals surface area contributed by atoms with Gasteiger partial charge in [0.15, 0.2) is 0 Å². The van der Waals surface area contributed by atoms with Crippen LogP contribution in [-0.4, -0.2) is 40.0 Å². The third-order valence-corrected chi connectivity index (χ3v) is 6.51. The summed E-state index contributed by atoms with van der Waals surface area (Å²) in [4.78, 5) is 26.8. The zero-order valence-corrected chi connectivity index (χ0v) is 17.8. The highest BCUT2D eigenvalue weighted by Gasteiger charge is 2.27. The molecule has 1 aliphatic rings. The average molecular weight is 439 g/mol. The van der Waals surface area contributed by atoms with Gasteiger partial charge in [-0.15, -0.1) is 10.2 Å². The zero-order chi connectivity index (χ0) is 21.6. The van der Waals surface area contributed by atoms with Gasteiger partial charge < -0.3 is 10.2 Å². The molecule has 8 heteroatoms. The Morgan fingerprint density at radius 1 is 1.03 bits per heavy atom. The number of nitrogens with one attached hydrogen (secondary N) is 1. The normalized spacial score (nSPS) is 14.4. The van der Waals surface area contributed by atoms with Crippen LogP contribution in [0.15, 0.2) is 54.6 Å². The number of halogens is 1. The SMILES string of the molecule is O=C(Nc1ccccc1F)c1nnc(C2CCN(C(=O)CCc3ccccc3)CC2)s1. The number of carbonyl (C=O) groups excluding carboxylic acids is 2. The molecule has 0 aliphatic carbocycles. The van der Waals surface area contributed by atoms with Gasteiger partial charge in [0.1, 0.15) is 10.8 Å². The molecule has 160 valence electrons. The number of nitrogens with zero attached hydrogens (tertiary/aromatic N) is 3. The molecule has 6 nitrogen and oxygen atoms in total. The van der Waals surface area contributed by atoms with E-state index in [1.165, 1.54) is 29.0 Å². The number of hydrogen-bond donors (Lipinski definition) is 1. The maximum Gasteiger partial charge on any atom is 0.286 e. The van der Waals surface area contributed by atoms with Crippen molar-refractivity contribution in [3.8, 4) is 0 Å². The molecule has 0 unspecified atom stereocenters. The Labute approximate surface area is 184 Å². The number of hydrogen-bond acceptors (Lipinski definition) is 5. The second-order valence-electron chi connectivity index (χ2n) is 7.52. The van der Waals surface area contributed by atoms with Crippen molar-refractivity contribution in [2.45, 2.75) is 31.6 Å². The molecule has 1 saturated heterocycles. The standard InChI is InChI=1S/C23H23FN4O2S/c24-18-8-4-5-9-19(18)25-21(30)23-27-26-22(31-23)17-12-14-28(15-13-17)20(29)11-10-16-6-2-1-3-7-16/h1-9,17H,10-15H2,(H,25,30). The summed E-state index contributed by atoms with van der Waals surface area (Å²) in [5, 5.41) is 11.7. The average Bonchev–Trinajstić information content (AvgIpc) is 3.30. The molecule has 2 aromatic carbocycles. The summed E-state index contributed by atoms with van der Waals surface area (Å²) >= 11 is 1.23. The van der Waals surface area contributed by atoms with Crippen LogP contribution in [0.5, 0.6) is 0 Å². The molecular formula is C23H23FN4O2S. The second kappa shape index (κ2) is 9.78. The summed E-state index contributed by atoms with van der Waals surface area (Å²) in [6.45, 7) is 1.35. The van der Waals surface area contributed by atoms with Crippen molar-refractivity contribution in [2.75, 3.05) is 18.4 Å². The minimum atomic E-state index is -0.495. The van der Waals surface area contributed by atoms with Crippen molar-refractivity contribution in [1.82, 2.24) is 15.1 Å². The molecule has 0 saturated carbocycles. The molecule has 0 spiro atoms. The topological polar surface area (TPSA) is 75.2 Å². The molecule has 1 aromatic heterocycles. The maximum atomic E-state index is 13.7. The lowest BCUT2D eigenvalue weighted by Gasteiger charge is -2.31. The van der Waals surface area contributed by atoms with Crippen LogP contribution in [-0.2, 0) is 11.2 Å².